The summed E-state index contributed by atoms with van der Waals surface area (Å²) in [5, 5.41) is 1.03. The normalized spacial score (nSPS) is 11.1. The van der Waals surface area contributed by atoms with E-state index in [1.807, 2.05) is 24.3 Å². The number of para-hydroxylation sites is 4. The van der Waals surface area contributed by atoms with Gasteiger partial charge in [-0.3, -0.25) is 0 Å². The van der Waals surface area contributed by atoms with Crippen LogP contribution in [0.15, 0.2) is 211 Å². The average Bonchev–Trinajstić information content (AvgIpc) is 3.70. The molecule has 0 aliphatic carbocycles. The zero-order valence-corrected chi connectivity index (χ0v) is 32.2. The molecule has 0 saturated carbocycles. The third-order valence-electron chi connectivity index (χ3n) is 9.79. The second-order valence-corrected chi connectivity index (χ2v) is 15.5. The highest BCUT2D eigenvalue weighted by atomic mass is 32.2. The number of aromatic nitrogens is 1. The van der Waals surface area contributed by atoms with Gasteiger partial charge in [0, 0.05) is 56.0 Å². The maximum atomic E-state index is 6.19. The Hall–Kier alpha value is -6.60. The lowest BCUT2D eigenvalue weighted by Crippen LogP contribution is -2.10. The van der Waals surface area contributed by atoms with Gasteiger partial charge >= 0.3 is 0 Å². The van der Waals surface area contributed by atoms with E-state index in [0.717, 1.165) is 77.7 Å². The first-order chi connectivity index (χ1) is 27.7. The van der Waals surface area contributed by atoms with E-state index in [-0.39, 0.29) is 0 Å². The van der Waals surface area contributed by atoms with Gasteiger partial charge in [-0.1, -0.05) is 97.1 Å². The number of thioether (sulfide) groups is 1. The Morgan fingerprint density at radius 2 is 0.857 bits per heavy atom. The van der Waals surface area contributed by atoms with Crippen LogP contribution in [0.1, 0.15) is 5.56 Å². The fourth-order valence-corrected chi connectivity index (χ4v) is 8.81. The van der Waals surface area contributed by atoms with Crippen molar-refractivity contribution in [2.75, 3.05) is 15.5 Å². The van der Waals surface area contributed by atoms with Crippen LogP contribution in [0.4, 0.5) is 39.8 Å². The molecule has 9 rings (SSSR count). The van der Waals surface area contributed by atoms with Crippen molar-refractivity contribution in [3.8, 4) is 21.7 Å². The molecule has 1 aromatic heterocycles. The Labute approximate surface area is 336 Å². The number of anilines is 7. The summed E-state index contributed by atoms with van der Waals surface area (Å²) in [6.07, 6.45) is 0. The highest BCUT2D eigenvalue weighted by Crippen LogP contribution is 2.39. The lowest BCUT2D eigenvalue weighted by molar-refractivity contribution is 1.27. The van der Waals surface area contributed by atoms with Crippen molar-refractivity contribution in [2.45, 2.75) is 10.6 Å². The Bertz CT molecular complexity index is 2640. The van der Waals surface area contributed by atoms with Crippen LogP contribution in [-0.2, 0) is 5.75 Å². The zero-order chi connectivity index (χ0) is 37.7. The van der Waals surface area contributed by atoms with E-state index in [1.54, 1.807) is 23.1 Å². The highest BCUT2D eigenvalue weighted by Gasteiger charge is 2.16. The first kappa shape index (κ1) is 35.1. The molecule has 0 aliphatic rings. The Morgan fingerprint density at radius 1 is 0.429 bits per heavy atom. The summed E-state index contributed by atoms with van der Waals surface area (Å²) < 4.78 is 1.20. The summed E-state index contributed by atoms with van der Waals surface area (Å²) in [4.78, 5) is 10.6. The molecule has 4 nitrogen and oxygen atoms in total. The van der Waals surface area contributed by atoms with E-state index in [4.69, 9.17) is 10.7 Å². The van der Waals surface area contributed by atoms with Gasteiger partial charge in [-0.05, 0) is 126 Å². The van der Waals surface area contributed by atoms with Crippen molar-refractivity contribution >= 4 is 73.1 Å². The molecule has 0 atom stereocenters. The summed E-state index contributed by atoms with van der Waals surface area (Å²) >= 11 is 3.49. The first-order valence-electron chi connectivity index (χ1n) is 18.6. The molecule has 6 heteroatoms. The smallest absolute Gasteiger partial charge is 0.124 e. The highest BCUT2D eigenvalue weighted by molar-refractivity contribution is 7.98. The van der Waals surface area contributed by atoms with Crippen molar-refractivity contribution in [2.24, 2.45) is 0 Å². The number of benzene rings is 8. The van der Waals surface area contributed by atoms with Gasteiger partial charge in [-0.25, -0.2) is 4.98 Å². The molecule has 9 aromatic rings. The molecular formula is C50H38N4S2. The number of hydrogen-bond donors (Lipinski definition) is 1. The van der Waals surface area contributed by atoms with Crippen molar-refractivity contribution < 1.29 is 0 Å². The number of hydrogen-bond acceptors (Lipinski definition) is 6. The van der Waals surface area contributed by atoms with Gasteiger partial charge in [0.05, 0.1) is 10.2 Å². The van der Waals surface area contributed by atoms with Crippen LogP contribution in [-0.4, -0.2) is 4.98 Å². The summed E-state index contributed by atoms with van der Waals surface area (Å²) in [7, 11) is 0. The molecule has 2 N–H and O–H groups in total. The maximum Gasteiger partial charge on any atom is 0.124 e. The molecule has 0 bridgehead atoms. The monoisotopic (exact) mass is 758 g/mol. The maximum absolute atomic E-state index is 6.19. The van der Waals surface area contributed by atoms with Crippen LogP contribution in [0.25, 0.3) is 31.9 Å². The van der Waals surface area contributed by atoms with Gasteiger partial charge in [0.1, 0.15) is 5.01 Å². The van der Waals surface area contributed by atoms with E-state index in [9.17, 15) is 0 Å². The third-order valence-corrected chi connectivity index (χ3v) is 12.0. The first-order valence-corrected chi connectivity index (χ1v) is 20.4. The van der Waals surface area contributed by atoms with Crippen LogP contribution >= 0.6 is 23.1 Å². The molecule has 0 amide bonds. The fraction of sp³-hybridized carbons (Fsp3) is 0.0200. The van der Waals surface area contributed by atoms with Crippen molar-refractivity contribution in [3.63, 3.8) is 0 Å². The SMILES string of the molecule is Nc1ccccc1SCc1ccc(N(c2ccccc2)c2ccc(-c3ccc(N(c4ccccc4)c4ccc(-c5nc6ccccc6s5)cc4)cc3)cc2)cc1. The molecule has 0 unspecified atom stereocenters. The Balaban J connectivity index is 0.960. The number of thiazole rings is 1. The Morgan fingerprint density at radius 3 is 1.38 bits per heavy atom. The lowest BCUT2D eigenvalue weighted by Gasteiger charge is -2.26. The molecule has 0 fully saturated rings. The number of nitrogen functional groups attached to an aromatic ring is 1. The molecular weight excluding hydrogens is 721 g/mol. The standard InChI is InChI=1S/C50H38N4S2/c51-46-15-7-9-17-48(46)55-35-36-19-27-42(28-20-36)53(40-11-3-1-4-12-40)43-29-21-37(22-30-43)38-23-31-44(32-24-38)54(41-13-5-2-6-14-41)45-33-25-39(26-34-45)50-52-47-16-8-10-18-49(47)56-50/h1-34H,35,51H2. The minimum absolute atomic E-state index is 0.820. The van der Waals surface area contributed by atoms with Crippen molar-refractivity contribution in [1.29, 1.82) is 0 Å². The van der Waals surface area contributed by atoms with Crippen LogP contribution in [0.3, 0.4) is 0 Å². The summed E-state index contributed by atoms with van der Waals surface area (Å²) in [6.45, 7) is 0. The molecule has 0 aliphatic heterocycles. The minimum atomic E-state index is 0.820. The zero-order valence-electron chi connectivity index (χ0n) is 30.6. The van der Waals surface area contributed by atoms with Crippen molar-refractivity contribution in [3.05, 3.63) is 212 Å². The second-order valence-electron chi connectivity index (χ2n) is 13.5. The topological polar surface area (TPSA) is 45.4 Å². The molecule has 270 valence electrons. The summed E-state index contributed by atoms with van der Waals surface area (Å²) in [5.41, 5.74) is 19.3. The van der Waals surface area contributed by atoms with Gasteiger partial charge in [0.15, 0.2) is 0 Å². The third kappa shape index (κ3) is 7.53. The number of nitrogens with two attached hydrogens (primary N) is 1. The van der Waals surface area contributed by atoms with Gasteiger partial charge < -0.3 is 15.5 Å². The predicted octanol–water partition coefficient (Wildman–Crippen LogP) is 14.4. The second kappa shape index (κ2) is 16.0. The molecule has 1 heterocycles. The number of fused-ring (bicyclic) bond motifs is 1. The largest absolute Gasteiger partial charge is 0.398 e. The van der Waals surface area contributed by atoms with E-state index >= 15 is 0 Å². The van der Waals surface area contributed by atoms with Gasteiger partial charge in [-0.2, -0.15) is 0 Å². The fourth-order valence-electron chi connectivity index (χ4n) is 6.92. The van der Waals surface area contributed by atoms with E-state index in [0.29, 0.717) is 0 Å². The van der Waals surface area contributed by atoms with E-state index in [2.05, 4.69) is 192 Å². The van der Waals surface area contributed by atoms with Crippen molar-refractivity contribution in [1.82, 2.24) is 4.98 Å². The van der Waals surface area contributed by atoms with E-state index < -0.39 is 0 Å². The number of nitrogens with zero attached hydrogens (tertiary/aromatic N) is 3. The molecule has 56 heavy (non-hydrogen) atoms. The van der Waals surface area contributed by atoms with Gasteiger partial charge in [0.25, 0.3) is 0 Å². The van der Waals surface area contributed by atoms with Gasteiger partial charge in [0.2, 0.25) is 0 Å². The Kier molecular flexibility index (Phi) is 10.0. The van der Waals surface area contributed by atoms with E-state index in [1.165, 1.54) is 10.3 Å². The number of rotatable bonds is 11. The molecule has 0 radical (unpaired) electrons. The minimum Gasteiger partial charge on any atom is -0.398 e. The van der Waals surface area contributed by atoms with Crippen LogP contribution in [0, 0.1) is 0 Å². The molecule has 0 saturated heterocycles. The van der Waals surface area contributed by atoms with Gasteiger partial charge in [-0.15, -0.1) is 23.1 Å². The van der Waals surface area contributed by atoms with Crippen LogP contribution in [0.5, 0.6) is 0 Å². The quantitative estimate of drug-likeness (QED) is 0.105. The summed E-state index contributed by atoms with van der Waals surface area (Å²) in [5.74, 6) is 0.855. The van der Waals surface area contributed by atoms with Crippen LogP contribution < -0.4 is 15.5 Å². The summed E-state index contributed by atoms with van der Waals surface area (Å²) in [6, 6.07) is 72.7. The molecule has 0 spiro atoms. The molecule has 8 aromatic carbocycles. The average molecular weight is 759 g/mol. The lowest BCUT2D eigenvalue weighted by atomic mass is 10.0. The predicted molar refractivity (Wildman–Crippen MR) is 240 cm³/mol. The van der Waals surface area contributed by atoms with Crippen LogP contribution in [0.2, 0.25) is 0 Å².